The van der Waals surface area contributed by atoms with E-state index in [9.17, 15) is 4.79 Å². The number of para-hydroxylation sites is 1. The molecule has 3 aromatic rings. The van der Waals surface area contributed by atoms with Crippen molar-refractivity contribution in [2.75, 3.05) is 0 Å². The topological polar surface area (TPSA) is 57.8 Å². The molecule has 1 aromatic carbocycles. The van der Waals surface area contributed by atoms with Crippen LogP contribution in [0.3, 0.4) is 0 Å². The van der Waals surface area contributed by atoms with E-state index in [2.05, 4.69) is 21.4 Å². The normalized spacial score (nSPS) is 10.8. The summed E-state index contributed by atoms with van der Waals surface area (Å²) >= 11 is 1.54. The predicted octanol–water partition coefficient (Wildman–Crippen LogP) is 2.87. The van der Waals surface area contributed by atoms with Gasteiger partial charge in [-0.3, -0.25) is 4.79 Å². The molecule has 0 fully saturated rings. The number of carbonyl (C=O) groups is 1. The summed E-state index contributed by atoms with van der Waals surface area (Å²) in [5.74, 6) is 0.0586. The molecule has 0 aliphatic heterocycles. The first kappa shape index (κ1) is 12.9. The smallest absolute Gasteiger partial charge is 0.220 e. The van der Waals surface area contributed by atoms with Crippen LogP contribution in [0.1, 0.15) is 17.7 Å². The summed E-state index contributed by atoms with van der Waals surface area (Å²) in [6, 6.07) is 8.14. The highest BCUT2D eigenvalue weighted by Crippen LogP contribution is 2.18. The van der Waals surface area contributed by atoms with Gasteiger partial charge in [-0.1, -0.05) is 18.2 Å². The van der Waals surface area contributed by atoms with Gasteiger partial charge in [0, 0.05) is 28.9 Å². The number of benzene rings is 1. The average Bonchev–Trinajstić information content (AvgIpc) is 3.12. The number of thiazole rings is 1. The number of H-pyrrole nitrogens is 1. The molecule has 0 unspecified atom stereocenters. The standard InChI is InChI=1S/C15H15N3OS/c19-15(17-8-12-9-20-10-18-12)6-5-11-7-16-14-4-2-1-3-13(11)14/h1-4,7,9-10,16H,5-6,8H2,(H,17,19). The van der Waals surface area contributed by atoms with E-state index in [0.29, 0.717) is 13.0 Å². The summed E-state index contributed by atoms with van der Waals surface area (Å²) in [7, 11) is 0. The maximum Gasteiger partial charge on any atom is 0.220 e. The number of amides is 1. The number of hydrogen-bond donors (Lipinski definition) is 2. The first-order chi connectivity index (χ1) is 9.83. The molecule has 0 atom stereocenters. The Labute approximate surface area is 120 Å². The van der Waals surface area contributed by atoms with Crippen molar-refractivity contribution in [1.82, 2.24) is 15.3 Å². The van der Waals surface area contributed by atoms with Crippen LogP contribution in [-0.2, 0) is 17.8 Å². The van der Waals surface area contributed by atoms with E-state index in [1.54, 1.807) is 5.51 Å². The van der Waals surface area contributed by atoms with Crippen LogP contribution in [0.25, 0.3) is 10.9 Å². The molecular weight excluding hydrogens is 270 g/mol. The summed E-state index contributed by atoms with van der Waals surface area (Å²) in [6.07, 6.45) is 3.22. The second-order valence-electron chi connectivity index (χ2n) is 4.62. The summed E-state index contributed by atoms with van der Waals surface area (Å²) < 4.78 is 0. The fraction of sp³-hybridized carbons (Fsp3) is 0.200. The van der Waals surface area contributed by atoms with Gasteiger partial charge in [-0.15, -0.1) is 11.3 Å². The van der Waals surface area contributed by atoms with E-state index >= 15 is 0 Å². The number of fused-ring (bicyclic) bond motifs is 1. The van der Waals surface area contributed by atoms with Crippen molar-refractivity contribution in [3.63, 3.8) is 0 Å². The van der Waals surface area contributed by atoms with Gasteiger partial charge in [0.2, 0.25) is 5.91 Å². The largest absolute Gasteiger partial charge is 0.361 e. The average molecular weight is 285 g/mol. The van der Waals surface area contributed by atoms with E-state index in [1.165, 1.54) is 22.3 Å². The molecule has 20 heavy (non-hydrogen) atoms. The SMILES string of the molecule is O=C(CCc1c[nH]c2ccccc12)NCc1cscn1. The van der Waals surface area contributed by atoms with Crippen molar-refractivity contribution >= 4 is 28.1 Å². The molecule has 0 saturated heterocycles. The second kappa shape index (κ2) is 5.88. The number of nitrogens with one attached hydrogen (secondary N) is 2. The highest BCUT2D eigenvalue weighted by Gasteiger charge is 2.06. The molecule has 0 spiro atoms. The minimum absolute atomic E-state index is 0.0586. The lowest BCUT2D eigenvalue weighted by Crippen LogP contribution is -2.23. The van der Waals surface area contributed by atoms with Crippen molar-refractivity contribution in [3.8, 4) is 0 Å². The minimum atomic E-state index is 0.0586. The monoisotopic (exact) mass is 285 g/mol. The lowest BCUT2D eigenvalue weighted by molar-refractivity contribution is -0.121. The molecule has 0 radical (unpaired) electrons. The summed E-state index contributed by atoms with van der Waals surface area (Å²) in [4.78, 5) is 19.2. The molecule has 1 amide bonds. The van der Waals surface area contributed by atoms with Crippen LogP contribution in [0.5, 0.6) is 0 Å². The fourth-order valence-corrected chi connectivity index (χ4v) is 2.75. The Bertz CT molecular complexity index is 703. The van der Waals surface area contributed by atoms with Crippen LogP contribution in [-0.4, -0.2) is 15.9 Å². The molecule has 102 valence electrons. The van der Waals surface area contributed by atoms with Gasteiger partial charge in [-0.25, -0.2) is 4.98 Å². The van der Waals surface area contributed by atoms with Crippen LogP contribution in [0, 0.1) is 0 Å². The Morgan fingerprint density at radius 1 is 1.35 bits per heavy atom. The number of hydrogen-bond acceptors (Lipinski definition) is 3. The van der Waals surface area contributed by atoms with Crippen LogP contribution < -0.4 is 5.32 Å². The van der Waals surface area contributed by atoms with Crippen molar-refractivity contribution < 1.29 is 4.79 Å². The van der Waals surface area contributed by atoms with Crippen LogP contribution in [0.2, 0.25) is 0 Å². The fourth-order valence-electron chi connectivity index (χ4n) is 2.19. The third-order valence-corrected chi connectivity index (χ3v) is 3.88. The van der Waals surface area contributed by atoms with E-state index < -0.39 is 0 Å². The van der Waals surface area contributed by atoms with Gasteiger partial charge in [0.25, 0.3) is 0 Å². The summed E-state index contributed by atoms with van der Waals surface area (Å²) in [5.41, 5.74) is 4.98. The highest BCUT2D eigenvalue weighted by molar-refractivity contribution is 7.07. The van der Waals surface area contributed by atoms with E-state index in [0.717, 1.165) is 17.6 Å². The minimum Gasteiger partial charge on any atom is -0.361 e. The molecule has 2 heterocycles. The molecule has 0 aliphatic rings. The van der Waals surface area contributed by atoms with Gasteiger partial charge in [0.15, 0.2) is 0 Å². The number of aryl methyl sites for hydroxylation is 1. The number of aromatic nitrogens is 2. The molecule has 2 N–H and O–H groups in total. The second-order valence-corrected chi connectivity index (χ2v) is 5.33. The molecule has 0 aliphatic carbocycles. The summed E-state index contributed by atoms with van der Waals surface area (Å²) in [6.45, 7) is 0.510. The predicted molar refractivity (Wildman–Crippen MR) is 80.6 cm³/mol. The lowest BCUT2D eigenvalue weighted by atomic mass is 10.1. The van der Waals surface area contributed by atoms with Gasteiger partial charge < -0.3 is 10.3 Å². The molecular formula is C15H15N3OS. The van der Waals surface area contributed by atoms with Crippen LogP contribution >= 0.6 is 11.3 Å². The number of rotatable bonds is 5. The molecule has 4 nitrogen and oxygen atoms in total. The summed E-state index contributed by atoms with van der Waals surface area (Å²) in [5, 5.41) is 6.03. The van der Waals surface area contributed by atoms with Crippen LogP contribution in [0.4, 0.5) is 0 Å². The number of carbonyl (C=O) groups excluding carboxylic acids is 1. The Morgan fingerprint density at radius 2 is 2.25 bits per heavy atom. The van der Waals surface area contributed by atoms with Crippen LogP contribution in [0.15, 0.2) is 41.4 Å². The maximum absolute atomic E-state index is 11.8. The molecule has 2 aromatic heterocycles. The first-order valence-electron chi connectivity index (χ1n) is 6.51. The zero-order valence-corrected chi connectivity index (χ0v) is 11.7. The third-order valence-electron chi connectivity index (χ3n) is 3.25. The molecule has 0 saturated carbocycles. The zero-order valence-electron chi connectivity index (χ0n) is 10.9. The lowest BCUT2D eigenvalue weighted by Gasteiger charge is -2.03. The molecule has 3 rings (SSSR count). The first-order valence-corrected chi connectivity index (χ1v) is 7.46. The Morgan fingerprint density at radius 3 is 3.10 bits per heavy atom. The number of aromatic amines is 1. The van der Waals surface area contributed by atoms with E-state index in [-0.39, 0.29) is 5.91 Å². The van der Waals surface area contributed by atoms with Crippen molar-refractivity contribution in [2.45, 2.75) is 19.4 Å². The highest BCUT2D eigenvalue weighted by atomic mass is 32.1. The maximum atomic E-state index is 11.8. The Balaban J connectivity index is 1.55. The van der Waals surface area contributed by atoms with Gasteiger partial charge >= 0.3 is 0 Å². The zero-order chi connectivity index (χ0) is 13.8. The van der Waals surface area contributed by atoms with E-state index in [4.69, 9.17) is 0 Å². The van der Waals surface area contributed by atoms with Crippen molar-refractivity contribution in [1.29, 1.82) is 0 Å². The molecule has 0 bridgehead atoms. The quantitative estimate of drug-likeness (QED) is 0.757. The van der Waals surface area contributed by atoms with Crippen molar-refractivity contribution in [2.24, 2.45) is 0 Å². The third kappa shape index (κ3) is 2.88. The van der Waals surface area contributed by atoms with Gasteiger partial charge in [-0.05, 0) is 18.1 Å². The molecule has 5 heteroatoms. The Kier molecular flexibility index (Phi) is 3.78. The van der Waals surface area contributed by atoms with Crippen molar-refractivity contribution in [3.05, 3.63) is 52.6 Å². The van der Waals surface area contributed by atoms with Gasteiger partial charge in [-0.2, -0.15) is 0 Å². The van der Waals surface area contributed by atoms with Gasteiger partial charge in [0.1, 0.15) is 0 Å². The van der Waals surface area contributed by atoms with E-state index in [1.807, 2.05) is 29.8 Å². The van der Waals surface area contributed by atoms with Gasteiger partial charge in [0.05, 0.1) is 17.7 Å². The number of nitrogens with zero attached hydrogens (tertiary/aromatic N) is 1. The Hall–Kier alpha value is -2.14.